The van der Waals surface area contributed by atoms with Crippen LogP contribution < -0.4 is 16.8 Å². The molecule has 0 fully saturated rings. The third-order valence-electron chi connectivity index (χ3n) is 3.89. The minimum Gasteiger partial charge on any atom is -0.368 e. The molecule has 0 unspecified atom stereocenters. The summed E-state index contributed by atoms with van der Waals surface area (Å²) in [5.41, 5.74) is 11.7. The highest BCUT2D eigenvalue weighted by Gasteiger charge is 2.16. The summed E-state index contributed by atoms with van der Waals surface area (Å²) >= 11 is 0. The number of nitrogens with two attached hydrogens (primary N) is 2. The molecule has 5 N–H and O–H groups in total. The number of rotatable bonds is 2. The van der Waals surface area contributed by atoms with Crippen LogP contribution in [0.2, 0.25) is 0 Å². The van der Waals surface area contributed by atoms with Gasteiger partial charge >= 0.3 is 0 Å². The zero-order valence-electron chi connectivity index (χ0n) is 13.1. The molecule has 0 spiro atoms. The number of hydrogen-bond acceptors (Lipinski definition) is 6. The molecule has 3 aromatic carbocycles. The smallest absolute Gasteiger partial charge is 0.259 e. The van der Waals surface area contributed by atoms with Crippen LogP contribution in [0.1, 0.15) is 10.4 Å². The SMILES string of the molecule is Nc1nc(N)nc(NC(=O)c2c3ccccc3cc3ccccc23)n1. The molecule has 25 heavy (non-hydrogen) atoms. The zero-order chi connectivity index (χ0) is 17.4. The van der Waals surface area contributed by atoms with Gasteiger partial charge in [-0.1, -0.05) is 48.5 Å². The lowest BCUT2D eigenvalue weighted by atomic mass is 9.96. The topological polar surface area (TPSA) is 120 Å². The van der Waals surface area contributed by atoms with E-state index >= 15 is 0 Å². The van der Waals surface area contributed by atoms with Crippen LogP contribution in [0, 0.1) is 0 Å². The van der Waals surface area contributed by atoms with E-state index in [0.717, 1.165) is 21.5 Å². The normalized spacial score (nSPS) is 10.9. The average molecular weight is 330 g/mol. The average Bonchev–Trinajstić information content (AvgIpc) is 2.58. The number of amides is 1. The van der Waals surface area contributed by atoms with Gasteiger partial charge in [-0.25, -0.2) is 0 Å². The Balaban J connectivity index is 1.90. The van der Waals surface area contributed by atoms with Gasteiger partial charge < -0.3 is 11.5 Å². The van der Waals surface area contributed by atoms with Crippen molar-refractivity contribution >= 4 is 45.3 Å². The fraction of sp³-hybridized carbons (Fsp3) is 0. The predicted molar refractivity (Wildman–Crippen MR) is 98.1 cm³/mol. The van der Waals surface area contributed by atoms with Gasteiger partial charge in [-0.15, -0.1) is 0 Å². The first kappa shape index (κ1) is 14.8. The van der Waals surface area contributed by atoms with E-state index in [2.05, 4.69) is 26.3 Å². The summed E-state index contributed by atoms with van der Waals surface area (Å²) in [4.78, 5) is 24.5. The summed E-state index contributed by atoms with van der Waals surface area (Å²) in [6.45, 7) is 0. The molecule has 0 saturated carbocycles. The fourth-order valence-corrected chi connectivity index (χ4v) is 2.89. The van der Waals surface area contributed by atoms with Crippen LogP contribution >= 0.6 is 0 Å². The Morgan fingerprint density at radius 1 is 0.800 bits per heavy atom. The van der Waals surface area contributed by atoms with Crippen LogP contribution in [0.25, 0.3) is 21.5 Å². The first-order valence-electron chi connectivity index (χ1n) is 7.61. The van der Waals surface area contributed by atoms with E-state index in [9.17, 15) is 4.79 Å². The van der Waals surface area contributed by atoms with E-state index in [-0.39, 0.29) is 23.8 Å². The number of carbonyl (C=O) groups excluding carboxylic acids is 1. The van der Waals surface area contributed by atoms with Gasteiger partial charge in [0.2, 0.25) is 17.8 Å². The molecule has 4 aromatic rings. The molecule has 0 atom stereocenters. The van der Waals surface area contributed by atoms with Crippen LogP contribution in [0.15, 0.2) is 54.6 Å². The molecule has 0 aliphatic carbocycles. The maximum atomic E-state index is 13.0. The van der Waals surface area contributed by atoms with Crippen LogP contribution in [0.4, 0.5) is 17.8 Å². The Morgan fingerprint density at radius 3 is 1.88 bits per heavy atom. The highest BCUT2D eigenvalue weighted by atomic mass is 16.1. The summed E-state index contributed by atoms with van der Waals surface area (Å²) in [7, 11) is 0. The molecular formula is C18H14N6O. The predicted octanol–water partition coefficient (Wildman–Crippen LogP) is 2.59. The van der Waals surface area contributed by atoms with Gasteiger partial charge in [-0.2, -0.15) is 15.0 Å². The van der Waals surface area contributed by atoms with Gasteiger partial charge in [0, 0.05) is 0 Å². The molecular weight excluding hydrogens is 316 g/mol. The quantitative estimate of drug-likeness (QED) is 0.486. The van der Waals surface area contributed by atoms with Gasteiger partial charge in [0.1, 0.15) is 0 Å². The van der Waals surface area contributed by atoms with Gasteiger partial charge in [-0.05, 0) is 27.6 Å². The van der Waals surface area contributed by atoms with Crippen molar-refractivity contribution in [1.29, 1.82) is 0 Å². The molecule has 7 heteroatoms. The second-order valence-electron chi connectivity index (χ2n) is 5.52. The number of fused-ring (bicyclic) bond motifs is 2. The lowest BCUT2D eigenvalue weighted by Crippen LogP contribution is -2.17. The first-order valence-corrected chi connectivity index (χ1v) is 7.61. The summed E-state index contributed by atoms with van der Waals surface area (Å²) in [5, 5.41) is 6.29. The van der Waals surface area contributed by atoms with Crippen LogP contribution in [0.5, 0.6) is 0 Å². The number of nitrogens with one attached hydrogen (secondary N) is 1. The Labute approximate surface area is 142 Å². The van der Waals surface area contributed by atoms with E-state index < -0.39 is 0 Å². The number of nitrogens with zero attached hydrogens (tertiary/aromatic N) is 3. The van der Waals surface area contributed by atoms with Crippen molar-refractivity contribution in [2.75, 3.05) is 16.8 Å². The summed E-state index contributed by atoms with van der Waals surface area (Å²) < 4.78 is 0. The van der Waals surface area contributed by atoms with E-state index in [1.807, 2.05) is 48.5 Å². The number of nitrogen functional groups attached to an aromatic ring is 2. The Kier molecular flexibility index (Phi) is 3.39. The molecule has 0 aliphatic heterocycles. The Hall–Kier alpha value is -3.74. The van der Waals surface area contributed by atoms with Crippen LogP contribution in [-0.2, 0) is 0 Å². The summed E-state index contributed by atoms with van der Waals surface area (Å²) in [6.07, 6.45) is 0. The second kappa shape index (κ2) is 5.72. The number of carbonyl (C=O) groups is 1. The van der Waals surface area contributed by atoms with Gasteiger partial charge in [0.05, 0.1) is 5.56 Å². The molecule has 1 heterocycles. The lowest BCUT2D eigenvalue weighted by molar-refractivity contribution is 0.102. The molecule has 4 rings (SSSR count). The highest BCUT2D eigenvalue weighted by Crippen LogP contribution is 2.29. The van der Waals surface area contributed by atoms with Gasteiger partial charge in [0.25, 0.3) is 5.91 Å². The number of hydrogen-bond donors (Lipinski definition) is 3. The molecule has 0 bridgehead atoms. The summed E-state index contributed by atoms with van der Waals surface area (Å²) in [5.74, 6) is -0.416. The zero-order valence-corrected chi connectivity index (χ0v) is 13.1. The largest absolute Gasteiger partial charge is 0.368 e. The van der Waals surface area contributed by atoms with Crippen molar-refractivity contribution in [2.24, 2.45) is 0 Å². The standard InChI is InChI=1S/C18H14N6O/c19-16-22-17(20)24-18(23-16)21-15(25)14-12-7-3-1-5-10(12)9-11-6-2-4-8-13(11)14/h1-9H,(H5,19,20,21,22,23,24,25). The van der Waals surface area contributed by atoms with E-state index in [4.69, 9.17) is 11.5 Å². The molecule has 1 aromatic heterocycles. The third kappa shape index (κ3) is 2.67. The second-order valence-corrected chi connectivity index (χ2v) is 5.52. The molecule has 0 aliphatic rings. The van der Waals surface area contributed by atoms with Crippen molar-refractivity contribution in [3.63, 3.8) is 0 Å². The van der Waals surface area contributed by atoms with Crippen molar-refractivity contribution in [3.8, 4) is 0 Å². The van der Waals surface area contributed by atoms with Gasteiger partial charge in [0.15, 0.2) is 0 Å². The van der Waals surface area contributed by atoms with Crippen LogP contribution in [-0.4, -0.2) is 20.9 Å². The van der Waals surface area contributed by atoms with Crippen molar-refractivity contribution < 1.29 is 4.79 Å². The van der Waals surface area contributed by atoms with Crippen molar-refractivity contribution in [3.05, 3.63) is 60.2 Å². The lowest BCUT2D eigenvalue weighted by Gasteiger charge is -2.11. The van der Waals surface area contributed by atoms with E-state index in [0.29, 0.717) is 5.56 Å². The first-order chi connectivity index (χ1) is 12.1. The van der Waals surface area contributed by atoms with Crippen molar-refractivity contribution in [1.82, 2.24) is 15.0 Å². The van der Waals surface area contributed by atoms with Gasteiger partial charge in [-0.3, -0.25) is 10.1 Å². The maximum absolute atomic E-state index is 13.0. The Morgan fingerprint density at radius 2 is 1.32 bits per heavy atom. The molecule has 122 valence electrons. The monoisotopic (exact) mass is 330 g/mol. The number of aromatic nitrogens is 3. The Bertz CT molecular complexity index is 1050. The molecule has 1 amide bonds. The summed E-state index contributed by atoms with van der Waals surface area (Å²) in [6, 6.07) is 17.5. The number of anilines is 3. The van der Waals surface area contributed by atoms with Crippen LogP contribution in [0.3, 0.4) is 0 Å². The minimum atomic E-state index is -0.335. The van der Waals surface area contributed by atoms with Crippen molar-refractivity contribution in [2.45, 2.75) is 0 Å². The minimum absolute atomic E-state index is 0.0204. The highest BCUT2D eigenvalue weighted by molar-refractivity contribution is 6.21. The molecule has 7 nitrogen and oxygen atoms in total. The third-order valence-corrected chi connectivity index (χ3v) is 3.89. The maximum Gasteiger partial charge on any atom is 0.259 e. The van der Waals surface area contributed by atoms with E-state index in [1.54, 1.807) is 0 Å². The molecule has 0 radical (unpaired) electrons. The fourth-order valence-electron chi connectivity index (χ4n) is 2.89. The molecule has 0 saturated heterocycles. The number of benzene rings is 3. The van der Waals surface area contributed by atoms with E-state index in [1.165, 1.54) is 0 Å².